The Kier molecular flexibility index (Phi) is 4.95. The van der Waals surface area contributed by atoms with Gasteiger partial charge in [-0.1, -0.05) is 61.5 Å². The molecule has 2 aromatic carbocycles. The molecule has 1 aliphatic carbocycles. The van der Waals surface area contributed by atoms with E-state index in [0.717, 1.165) is 23.5 Å². The number of nitrogens with one attached hydrogen (secondary N) is 1. The third-order valence-corrected chi connectivity index (χ3v) is 6.96. The van der Waals surface area contributed by atoms with Crippen LogP contribution in [0.3, 0.4) is 0 Å². The van der Waals surface area contributed by atoms with Crippen molar-refractivity contribution < 1.29 is 4.57 Å². The highest BCUT2D eigenvalue weighted by atomic mass is 31.2. The predicted octanol–water partition coefficient (Wildman–Crippen LogP) is 4.17. The Morgan fingerprint density at radius 3 is 2.00 bits per heavy atom. The van der Waals surface area contributed by atoms with Gasteiger partial charge in [-0.25, -0.2) is 0 Å². The zero-order valence-corrected chi connectivity index (χ0v) is 14.2. The molecular weight excluding hydrogens is 301 g/mol. The van der Waals surface area contributed by atoms with Gasteiger partial charge in [0.1, 0.15) is 0 Å². The van der Waals surface area contributed by atoms with E-state index in [0.29, 0.717) is 0 Å². The fourth-order valence-electron chi connectivity index (χ4n) is 2.95. The maximum Gasteiger partial charge on any atom is 0.205 e. The molecule has 0 saturated heterocycles. The first-order chi connectivity index (χ1) is 11.2. The third kappa shape index (κ3) is 3.39. The van der Waals surface area contributed by atoms with Crippen LogP contribution in [0.4, 0.5) is 0 Å². The van der Waals surface area contributed by atoms with E-state index in [1.54, 1.807) is 0 Å². The standard InChI is InChI=1S/C20H22NOP/c1-2-20(17-11-9-10-12-17)21-23(22,18-13-5-3-6-14-18)19-15-7-4-8-16-19/h3-11,13-16,20H,2,12H2,1H3,(H,21,22)/t20-/m0/s1. The average Bonchev–Trinajstić information content (AvgIpc) is 3.15. The minimum Gasteiger partial charge on any atom is -0.297 e. The van der Waals surface area contributed by atoms with Crippen LogP contribution in [-0.4, -0.2) is 6.04 Å². The van der Waals surface area contributed by atoms with Gasteiger partial charge in [0.15, 0.2) is 0 Å². The SMILES string of the molecule is CC[C@H](NP(=O)(c1ccccc1)c1ccccc1)C1=CC=CC1. The van der Waals surface area contributed by atoms with Crippen molar-refractivity contribution in [2.45, 2.75) is 25.8 Å². The minimum atomic E-state index is -2.87. The molecule has 1 aliphatic rings. The van der Waals surface area contributed by atoms with E-state index < -0.39 is 7.29 Å². The van der Waals surface area contributed by atoms with E-state index in [9.17, 15) is 4.57 Å². The Bertz CT molecular complexity index is 706. The molecule has 0 radical (unpaired) electrons. The Hall–Kier alpha value is -1.89. The smallest absolute Gasteiger partial charge is 0.205 e. The van der Waals surface area contributed by atoms with E-state index in [2.05, 4.69) is 30.2 Å². The highest BCUT2D eigenvalue weighted by Gasteiger charge is 2.30. The maximum absolute atomic E-state index is 14.0. The van der Waals surface area contributed by atoms with Crippen molar-refractivity contribution >= 4 is 17.9 Å². The molecule has 0 saturated carbocycles. The van der Waals surface area contributed by atoms with Gasteiger partial charge in [0.2, 0.25) is 7.29 Å². The molecule has 0 spiro atoms. The van der Waals surface area contributed by atoms with Crippen molar-refractivity contribution in [1.82, 2.24) is 5.09 Å². The Morgan fingerprint density at radius 1 is 1.00 bits per heavy atom. The monoisotopic (exact) mass is 323 g/mol. The molecule has 0 fully saturated rings. The van der Waals surface area contributed by atoms with E-state index in [4.69, 9.17) is 0 Å². The zero-order chi connectivity index (χ0) is 16.1. The predicted molar refractivity (Wildman–Crippen MR) is 98.8 cm³/mol. The van der Waals surface area contributed by atoms with Gasteiger partial charge in [-0.3, -0.25) is 9.65 Å². The Balaban J connectivity index is 2.01. The van der Waals surface area contributed by atoms with Crippen LogP contribution in [0, 0.1) is 0 Å². The second-order valence-corrected chi connectivity index (χ2v) is 8.25. The molecule has 1 N–H and O–H groups in total. The summed E-state index contributed by atoms with van der Waals surface area (Å²) in [6.45, 7) is 2.14. The van der Waals surface area contributed by atoms with Crippen molar-refractivity contribution in [2.24, 2.45) is 0 Å². The molecule has 0 aliphatic heterocycles. The van der Waals surface area contributed by atoms with Gasteiger partial charge in [-0.05, 0) is 42.7 Å². The lowest BCUT2D eigenvalue weighted by Gasteiger charge is -2.27. The van der Waals surface area contributed by atoms with Gasteiger partial charge in [0.25, 0.3) is 0 Å². The normalized spacial score (nSPS) is 15.4. The van der Waals surface area contributed by atoms with Crippen LogP contribution in [0.2, 0.25) is 0 Å². The second kappa shape index (κ2) is 7.12. The Labute approximate surface area is 138 Å². The van der Waals surface area contributed by atoms with Crippen LogP contribution in [0.25, 0.3) is 0 Å². The number of benzene rings is 2. The van der Waals surface area contributed by atoms with Crippen molar-refractivity contribution in [3.63, 3.8) is 0 Å². The van der Waals surface area contributed by atoms with E-state index in [1.807, 2.05) is 60.7 Å². The summed E-state index contributed by atoms with van der Waals surface area (Å²) < 4.78 is 14.0. The maximum atomic E-state index is 14.0. The van der Waals surface area contributed by atoms with E-state index >= 15 is 0 Å². The average molecular weight is 323 g/mol. The summed E-state index contributed by atoms with van der Waals surface area (Å²) in [5.41, 5.74) is 1.31. The van der Waals surface area contributed by atoms with Crippen LogP contribution in [0.1, 0.15) is 19.8 Å². The molecule has 118 valence electrons. The van der Waals surface area contributed by atoms with Gasteiger partial charge in [0.05, 0.1) is 0 Å². The summed E-state index contributed by atoms with van der Waals surface area (Å²) in [7, 11) is -2.87. The fourth-order valence-corrected chi connectivity index (χ4v) is 5.52. The molecule has 0 unspecified atom stereocenters. The molecule has 3 rings (SSSR count). The summed E-state index contributed by atoms with van der Waals surface area (Å²) in [5.74, 6) is 0. The summed E-state index contributed by atoms with van der Waals surface area (Å²) >= 11 is 0. The van der Waals surface area contributed by atoms with Crippen LogP contribution in [-0.2, 0) is 4.57 Å². The molecule has 3 heteroatoms. The number of allylic oxidation sites excluding steroid dienone is 3. The zero-order valence-electron chi connectivity index (χ0n) is 13.4. The third-order valence-electron chi connectivity index (χ3n) is 4.23. The summed E-state index contributed by atoms with van der Waals surface area (Å²) in [5, 5.41) is 5.22. The largest absolute Gasteiger partial charge is 0.297 e. The van der Waals surface area contributed by atoms with Crippen molar-refractivity contribution in [3.05, 3.63) is 84.5 Å². The van der Waals surface area contributed by atoms with Crippen LogP contribution in [0.5, 0.6) is 0 Å². The second-order valence-electron chi connectivity index (χ2n) is 5.74. The molecular formula is C20H22NOP. The summed E-state index contributed by atoms with van der Waals surface area (Å²) in [6, 6.07) is 19.6. The topological polar surface area (TPSA) is 29.1 Å². The fraction of sp³-hybridized carbons (Fsp3) is 0.200. The lowest BCUT2D eigenvalue weighted by Crippen LogP contribution is -2.35. The van der Waals surface area contributed by atoms with Gasteiger partial charge in [-0.2, -0.15) is 0 Å². The van der Waals surface area contributed by atoms with Crippen molar-refractivity contribution in [1.29, 1.82) is 0 Å². The molecule has 0 amide bonds. The van der Waals surface area contributed by atoms with Crippen molar-refractivity contribution in [3.8, 4) is 0 Å². The molecule has 23 heavy (non-hydrogen) atoms. The Morgan fingerprint density at radius 2 is 1.57 bits per heavy atom. The molecule has 0 aromatic heterocycles. The van der Waals surface area contributed by atoms with Crippen LogP contribution >= 0.6 is 7.29 Å². The van der Waals surface area contributed by atoms with Crippen LogP contribution in [0.15, 0.2) is 84.5 Å². The molecule has 1 atom stereocenters. The quantitative estimate of drug-likeness (QED) is 0.809. The summed E-state index contributed by atoms with van der Waals surface area (Å²) in [4.78, 5) is 0. The first kappa shape index (κ1) is 16.0. The lowest BCUT2D eigenvalue weighted by molar-refractivity contribution is 0.563. The number of hydrogen-bond acceptors (Lipinski definition) is 1. The number of rotatable bonds is 6. The molecule has 0 bridgehead atoms. The molecule has 0 heterocycles. The summed E-state index contributed by atoms with van der Waals surface area (Å²) in [6.07, 6.45) is 8.22. The van der Waals surface area contributed by atoms with E-state index in [-0.39, 0.29) is 6.04 Å². The van der Waals surface area contributed by atoms with Gasteiger partial charge in [-0.15, -0.1) is 0 Å². The molecule has 2 nitrogen and oxygen atoms in total. The van der Waals surface area contributed by atoms with Gasteiger partial charge < -0.3 is 0 Å². The van der Waals surface area contributed by atoms with Gasteiger partial charge >= 0.3 is 0 Å². The number of hydrogen-bond donors (Lipinski definition) is 1. The van der Waals surface area contributed by atoms with Crippen LogP contribution < -0.4 is 15.7 Å². The lowest BCUT2D eigenvalue weighted by atomic mass is 10.1. The van der Waals surface area contributed by atoms with Gasteiger partial charge in [0, 0.05) is 16.7 Å². The molecule has 2 aromatic rings. The first-order valence-corrected chi connectivity index (χ1v) is 9.79. The highest BCUT2D eigenvalue weighted by Crippen LogP contribution is 2.40. The van der Waals surface area contributed by atoms with Crippen molar-refractivity contribution in [2.75, 3.05) is 0 Å². The first-order valence-electron chi connectivity index (χ1n) is 8.08. The van der Waals surface area contributed by atoms with E-state index in [1.165, 1.54) is 5.57 Å². The minimum absolute atomic E-state index is 0.122. The highest BCUT2D eigenvalue weighted by molar-refractivity contribution is 7.76.